The van der Waals surface area contributed by atoms with Gasteiger partial charge in [0.15, 0.2) is 0 Å². The molecule has 2 heteroatoms. The van der Waals surface area contributed by atoms with Gasteiger partial charge in [-0.2, -0.15) is 0 Å². The number of aromatic nitrogens is 1. The summed E-state index contributed by atoms with van der Waals surface area (Å²) in [6.45, 7) is 6.89. The van der Waals surface area contributed by atoms with Crippen molar-refractivity contribution in [1.82, 2.24) is 4.98 Å². The van der Waals surface area contributed by atoms with E-state index in [1.165, 1.54) is 24.1 Å². The monoisotopic (exact) mass is 204 g/mol. The molecule has 1 aromatic rings. The highest BCUT2D eigenvalue weighted by molar-refractivity contribution is 5.42. The summed E-state index contributed by atoms with van der Waals surface area (Å²) in [5, 5.41) is 0. The average Bonchev–Trinajstić information content (AvgIpc) is 2.15. The number of nitrogens with zero attached hydrogens (tertiary/aromatic N) is 1. The zero-order valence-corrected chi connectivity index (χ0v) is 9.88. The van der Waals surface area contributed by atoms with Crippen molar-refractivity contribution < 1.29 is 0 Å². The molecule has 15 heavy (non-hydrogen) atoms. The van der Waals surface area contributed by atoms with E-state index in [0.717, 1.165) is 12.1 Å². The second kappa shape index (κ2) is 3.51. The van der Waals surface area contributed by atoms with Gasteiger partial charge in [-0.1, -0.05) is 20.8 Å². The molecule has 0 amide bonds. The van der Waals surface area contributed by atoms with Crippen LogP contribution in [-0.2, 0) is 6.42 Å². The highest BCUT2D eigenvalue weighted by atomic mass is 14.7. The molecule has 0 aromatic carbocycles. The molecule has 1 aromatic heterocycles. The van der Waals surface area contributed by atoms with Gasteiger partial charge in [-0.05, 0) is 36.3 Å². The molecular weight excluding hydrogens is 184 g/mol. The van der Waals surface area contributed by atoms with Gasteiger partial charge in [0.2, 0.25) is 0 Å². The smallest absolute Gasteiger partial charge is 0.0503 e. The van der Waals surface area contributed by atoms with E-state index in [1.807, 2.05) is 0 Å². The zero-order chi connectivity index (χ0) is 11.1. The number of fused-ring (bicyclic) bond motifs is 1. The topological polar surface area (TPSA) is 38.9 Å². The van der Waals surface area contributed by atoms with Crippen LogP contribution in [-0.4, -0.2) is 4.98 Å². The zero-order valence-electron chi connectivity index (χ0n) is 9.88. The van der Waals surface area contributed by atoms with E-state index in [1.54, 1.807) is 6.20 Å². The second-order valence-corrected chi connectivity index (χ2v) is 5.62. The maximum atomic E-state index is 5.77. The van der Waals surface area contributed by atoms with Crippen molar-refractivity contribution in [2.24, 2.45) is 5.41 Å². The lowest BCUT2D eigenvalue weighted by Gasteiger charge is -2.34. The number of nitrogens with two attached hydrogens (primary N) is 1. The Labute approximate surface area is 91.9 Å². The SMILES string of the molecule is CC(C)(C)C1CCCc2cc(N)cnc21. The molecule has 1 unspecified atom stereocenters. The van der Waals surface area contributed by atoms with Gasteiger partial charge in [0.25, 0.3) is 0 Å². The summed E-state index contributed by atoms with van der Waals surface area (Å²) in [4.78, 5) is 4.54. The van der Waals surface area contributed by atoms with Crippen LogP contribution in [0.3, 0.4) is 0 Å². The number of anilines is 1. The van der Waals surface area contributed by atoms with Gasteiger partial charge >= 0.3 is 0 Å². The van der Waals surface area contributed by atoms with Crippen LogP contribution in [0.4, 0.5) is 5.69 Å². The van der Waals surface area contributed by atoms with Gasteiger partial charge in [0.1, 0.15) is 0 Å². The number of hydrogen-bond acceptors (Lipinski definition) is 2. The maximum absolute atomic E-state index is 5.77. The Kier molecular flexibility index (Phi) is 2.45. The van der Waals surface area contributed by atoms with E-state index >= 15 is 0 Å². The fourth-order valence-electron chi connectivity index (χ4n) is 2.53. The molecule has 0 radical (unpaired) electrons. The molecule has 0 saturated heterocycles. The Morgan fingerprint density at radius 2 is 2.13 bits per heavy atom. The molecule has 2 rings (SSSR count). The van der Waals surface area contributed by atoms with Crippen LogP contribution in [0.25, 0.3) is 0 Å². The van der Waals surface area contributed by atoms with Crippen LogP contribution in [0.2, 0.25) is 0 Å². The van der Waals surface area contributed by atoms with Crippen LogP contribution in [0.1, 0.15) is 50.8 Å². The number of nitrogen functional groups attached to an aromatic ring is 1. The van der Waals surface area contributed by atoms with Gasteiger partial charge in [0.05, 0.1) is 11.9 Å². The molecule has 0 fully saturated rings. The molecule has 82 valence electrons. The minimum Gasteiger partial charge on any atom is -0.397 e. The first-order valence-corrected chi connectivity index (χ1v) is 5.73. The third-order valence-corrected chi connectivity index (χ3v) is 3.34. The van der Waals surface area contributed by atoms with Crippen molar-refractivity contribution in [1.29, 1.82) is 0 Å². The van der Waals surface area contributed by atoms with E-state index in [9.17, 15) is 0 Å². The lowest BCUT2D eigenvalue weighted by molar-refractivity contribution is 0.284. The first kappa shape index (κ1) is 10.5. The minimum atomic E-state index is 0.304. The van der Waals surface area contributed by atoms with Gasteiger partial charge in [0, 0.05) is 11.6 Å². The minimum absolute atomic E-state index is 0.304. The summed E-state index contributed by atoms with van der Waals surface area (Å²) < 4.78 is 0. The van der Waals surface area contributed by atoms with Crippen molar-refractivity contribution in [2.75, 3.05) is 5.73 Å². The van der Waals surface area contributed by atoms with E-state index in [-0.39, 0.29) is 0 Å². The number of rotatable bonds is 0. The van der Waals surface area contributed by atoms with Gasteiger partial charge in [-0.3, -0.25) is 4.98 Å². The summed E-state index contributed by atoms with van der Waals surface area (Å²) in [6, 6.07) is 2.10. The van der Waals surface area contributed by atoms with E-state index in [2.05, 4.69) is 31.8 Å². The molecule has 1 atom stereocenters. The Morgan fingerprint density at radius 3 is 2.80 bits per heavy atom. The van der Waals surface area contributed by atoms with Crippen molar-refractivity contribution >= 4 is 5.69 Å². The molecule has 2 N–H and O–H groups in total. The normalized spacial score (nSPS) is 21.1. The van der Waals surface area contributed by atoms with Crippen LogP contribution >= 0.6 is 0 Å². The molecule has 1 aliphatic carbocycles. The van der Waals surface area contributed by atoms with Crippen molar-refractivity contribution in [3.05, 3.63) is 23.5 Å². The van der Waals surface area contributed by atoms with Gasteiger partial charge < -0.3 is 5.73 Å². The number of hydrogen-bond donors (Lipinski definition) is 1. The molecule has 0 saturated carbocycles. The molecule has 0 bridgehead atoms. The second-order valence-electron chi connectivity index (χ2n) is 5.62. The lowest BCUT2D eigenvalue weighted by atomic mass is 9.71. The highest BCUT2D eigenvalue weighted by Gasteiger charge is 2.31. The van der Waals surface area contributed by atoms with Crippen molar-refractivity contribution in [2.45, 2.75) is 46.0 Å². The third kappa shape index (κ3) is 1.99. The first-order chi connectivity index (χ1) is 6.98. The largest absolute Gasteiger partial charge is 0.397 e. The van der Waals surface area contributed by atoms with Gasteiger partial charge in [-0.25, -0.2) is 0 Å². The molecule has 1 aliphatic rings. The van der Waals surface area contributed by atoms with E-state index in [0.29, 0.717) is 11.3 Å². The third-order valence-electron chi connectivity index (χ3n) is 3.34. The van der Waals surface area contributed by atoms with Crippen LogP contribution in [0.15, 0.2) is 12.3 Å². The lowest BCUT2D eigenvalue weighted by Crippen LogP contribution is -2.24. The molecule has 1 heterocycles. The fourth-order valence-corrected chi connectivity index (χ4v) is 2.53. The van der Waals surface area contributed by atoms with Crippen LogP contribution in [0.5, 0.6) is 0 Å². The summed E-state index contributed by atoms with van der Waals surface area (Å²) >= 11 is 0. The first-order valence-electron chi connectivity index (χ1n) is 5.73. The van der Waals surface area contributed by atoms with Gasteiger partial charge in [-0.15, -0.1) is 0 Å². The van der Waals surface area contributed by atoms with Crippen LogP contribution < -0.4 is 5.73 Å². The maximum Gasteiger partial charge on any atom is 0.0503 e. The summed E-state index contributed by atoms with van der Waals surface area (Å²) in [5.41, 5.74) is 9.52. The average molecular weight is 204 g/mol. The number of aryl methyl sites for hydroxylation is 1. The molecular formula is C13H20N2. The molecule has 2 nitrogen and oxygen atoms in total. The standard InChI is InChI=1S/C13H20N2/c1-13(2,3)11-6-4-5-9-7-10(14)8-15-12(9)11/h7-8,11H,4-6,14H2,1-3H3. The summed E-state index contributed by atoms with van der Waals surface area (Å²) in [7, 11) is 0. The Hall–Kier alpha value is -1.05. The fraction of sp³-hybridized carbons (Fsp3) is 0.615. The predicted molar refractivity (Wildman–Crippen MR) is 63.8 cm³/mol. The van der Waals surface area contributed by atoms with Crippen molar-refractivity contribution in [3.63, 3.8) is 0 Å². The Morgan fingerprint density at radius 1 is 1.40 bits per heavy atom. The highest BCUT2D eigenvalue weighted by Crippen LogP contribution is 2.42. The molecule has 0 spiro atoms. The Bertz CT molecular complexity index is 363. The summed E-state index contributed by atoms with van der Waals surface area (Å²) in [5.74, 6) is 0.585. The Balaban J connectivity index is 2.43. The summed E-state index contributed by atoms with van der Waals surface area (Å²) in [6.07, 6.45) is 5.45. The van der Waals surface area contributed by atoms with Crippen LogP contribution in [0, 0.1) is 5.41 Å². The molecule has 0 aliphatic heterocycles. The number of pyridine rings is 1. The predicted octanol–water partition coefficient (Wildman–Crippen LogP) is 3.13. The quantitative estimate of drug-likeness (QED) is 0.705. The van der Waals surface area contributed by atoms with E-state index < -0.39 is 0 Å². The van der Waals surface area contributed by atoms with Crippen molar-refractivity contribution in [3.8, 4) is 0 Å². The van der Waals surface area contributed by atoms with E-state index in [4.69, 9.17) is 5.73 Å².